The molecule has 0 radical (unpaired) electrons. The number of pyridine rings is 1. The first kappa shape index (κ1) is 28.4. The molecule has 0 aliphatic heterocycles. The molecule has 216 valence electrons. The van der Waals surface area contributed by atoms with Crippen LogP contribution in [0.2, 0.25) is 0 Å². The Bertz CT molecular complexity index is 1550. The summed E-state index contributed by atoms with van der Waals surface area (Å²) in [5, 5.41) is 2.80. The third kappa shape index (κ3) is 6.62. The summed E-state index contributed by atoms with van der Waals surface area (Å²) in [5.74, 6) is -2.35. The molecule has 8 nitrogen and oxygen atoms in total. The van der Waals surface area contributed by atoms with Crippen molar-refractivity contribution in [2.24, 2.45) is 5.92 Å². The van der Waals surface area contributed by atoms with Crippen molar-refractivity contribution < 1.29 is 31.9 Å². The highest BCUT2D eigenvalue weighted by Crippen LogP contribution is 2.37. The summed E-state index contributed by atoms with van der Waals surface area (Å²) in [6.45, 7) is 0.0222. The minimum Gasteiger partial charge on any atom is -0.445 e. The van der Waals surface area contributed by atoms with Crippen LogP contribution in [0.25, 0.3) is 11.1 Å². The molecular formula is C30H30F3N3O5. The summed E-state index contributed by atoms with van der Waals surface area (Å²) in [5.41, 5.74) is 0.674. The second-order valence-corrected chi connectivity index (χ2v) is 10.2. The van der Waals surface area contributed by atoms with Gasteiger partial charge in [-0.25, -0.2) is 22.9 Å². The van der Waals surface area contributed by atoms with Crippen molar-refractivity contribution in [3.63, 3.8) is 0 Å². The van der Waals surface area contributed by atoms with E-state index in [2.05, 4.69) is 15.3 Å². The number of alkyl carbamates (subject to hydrolysis) is 1. The number of hydrogen-bond acceptors (Lipinski definition) is 6. The lowest BCUT2D eigenvalue weighted by atomic mass is 9.83. The van der Waals surface area contributed by atoms with E-state index in [0.29, 0.717) is 31.2 Å². The average Bonchev–Trinajstić information content (AvgIpc) is 3.41. The van der Waals surface area contributed by atoms with E-state index >= 15 is 4.39 Å². The largest absolute Gasteiger partial charge is 0.445 e. The number of alkyl halides is 1. The fourth-order valence-electron chi connectivity index (χ4n) is 5.31. The Morgan fingerprint density at radius 2 is 1.90 bits per heavy atom. The van der Waals surface area contributed by atoms with Gasteiger partial charge in [-0.15, -0.1) is 0 Å². The number of aromatic nitrogens is 2. The van der Waals surface area contributed by atoms with Gasteiger partial charge in [0.1, 0.15) is 30.2 Å². The number of methoxy groups -OCH3 is 1. The number of carbonyl (C=O) groups is 1. The third-order valence-corrected chi connectivity index (χ3v) is 7.42. The Morgan fingerprint density at radius 1 is 1.15 bits per heavy atom. The van der Waals surface area contributed by atoms with Gasteiger partial charge in [-0.1, -0.05) is 30.3 Å². The van der Waals surface area contributed by atoms with Crippen molar-refractivity contribution in [2.75, 3.05) is 13.7 Å². The van der Waals surface area contributed by atoms with E-state index in [4.69, 9.17) is 13.9 Å². The number of benzene rings is 2. The van der Waals surface area contributed by atoms with Gasteiger partial charge < -0.3 is 24.2 Å². The van der Waals surface area contributed by atoms with Crippen molar-refractivity contribution >= 4 is 17.2 Å². The fourth-order valence-corrected chi connectivity index (χ4v) is 5.31. The van der Waals surface area contributed by atoms with E-state index in [1.165, 1.54) is 13.2 Å². The molecule has 1 saturated carbocycles. The molecule has 5 rings (SSSR count). The molecule has 2 heterocycles. The lowest BCUT2D eigenvalue weighted by Crippen LogP contribution is -2.36. The minimum atomic E-state index is -0.927. The lowest BCUT2D eigenvalue weighted by molar-refractivity contribution is 0.119. The summed E-state index contributed by atoms with van der Waals surface area (Å²) in [6.07, 6.45) is 0.880. The third-order valence-electron chi connectivity index (χ3n) is 7.42. The van der Waals surface area contributed by atoms with Crippen molar-refractivity contribution in [1.29, 1.82) is 0 Å². The van der Waals surface area contributed by atoms with Crippen molar-refractivity contribution in [2.45, 2.75) is 50.4 Å². The molecule has 2 atom stereocenters. The van der Waals surface area contributed by atoms with E-state index in [9.17, 15) is 18.4 Å². The van der Waals surface area contributed by atoms with Crippen LogP contribution in [0.3, 0.4) is 0 Å². The number of oxazole rings is 1. The van der Waals surface area contributed by atoms with Gasteiger partial charge in [0.15, 0.2) is 11.4 Å². The molecule has 41 heavy (non-hydrogen) atoms. The van der Waals surface area contributed by atoms with E-state index in [0.717, 1.165) is 17.8 Å². The molecule has 1 aliphatic carbocycles. The maximum atomic E-state index is 15.4. The smallest absolute Gasteiger partial charge is 0.408 e. The first-order valence-corrected chi connectivity index (χ1v) is 13.4. The van der Waals surface area contributed by atoms with Crippen LogP contribution in [-0.2, 0) is 16.1 Å². The molecule has 0 saturated heterocycles. The summed E-state index contributed by atoms with van der Waals surface area (Å²) in [7, 11) is 1.42. The molecular weight excluding hydrogens is 539 g/mol. The molecule has 0 spiro atoms. The normalized spacial score (nSPS) is 18.6. The molecule has 1 amide bonds. The SMILES string of the molecule is COC[C@@H](c1cc(F)c2oc([C@@H](NC(=O)OCc3ccccc3)C3CCC(F)CC3)nc2c1)c1cc(F)c[nH]c1=O. The number of amides is 1. The zero-order valence-electron chi connectivity index (χ0n) is 22.4. The molecule has 2 aromatic heterocycles. The molecule has 2 aromatic carbocycles. The van der Waals surface area contributed by atoms with Gasteiger partial charge in [0.05, 0.1) is 6.61 Å². The monoisotopic (exact) mass is 569 g/mol. The van der Waals surface area contributed by atoms with Gasteiger partial charge in [0, 0.05) is 24.8 Å². The highest BCUT2D eigenvalue weighted by molar-refractivity contribution is 5.75. The Hall–Kier alpha value is -4.12. The summed E-state index contributed by atoms with van der Waals surface area (Å²) < 4.78 is 59.8. The number of ether oxygens (including phenoxy) is 2. The standard InChI is InChI=1S/C30H30F3N3O5/c1-39-16-23(22-13-21(32)14-34-28(22)37)19-11-24(33)27-25(12-19)35-29(41-27)26(18-7-9-20(31)10-8-18)36-30(38)40-15-17-5-3-2-4-6-17/h2-6,11-14,18,20,23,26H,7-10,15-16H2,1H3,(H,34,37)(H,36,38)/t18?,20?,23-,26-/m0/s1. The number of hydrogen-bond donors (Lipinski definition) is 2. The molecule has 1 fully saturated rings. The van der Waals surface area contributed by atoms with E-state index < -0.39 is 41.4 Å². The van der Waals surface area contributed by atoms with Crippen molar-refractivity contribution in [1.82, 2.24) is 15.3 Å². The zero-order valence-corrected chi connectivity index (χ0v) is 22.4. The first-order chi connectivity index (χ1) is 19.8. The Balaban J connectivity index is 1.46. The van der Waals surface area contributed by atoms with Gasteiger partial charge in [-0.05, 0) is 60.9 Å². The van der Waals surface area contributed by atoms with Crippen LogP contribution in [0.5, 0.6) is 0 Å². The predicted octanol–water partition coefficient (Wildman–Crippen LogP) is 6.07. The number of halogens is 3. The molecule has 0 bridgehead atoms. The van der Waals surface area contributed by atoms with Gasteiger partial charge >= 0.3 is 6.09 Å². The number of aromatic amines is 1. The topological polar surface area (TPSA) is 106 Å². The second kappa shape index (κ2) is 12.6. The summed E-state index contributed by atoms with van der Waals surface area (Å²) in [6, 6.07) is 12.2. The number of fused-ring (bicyclic) bond motifs is 1. The van der Waals surface area contributed by atoms with E-state index in [1.807, 2.05) is 30.3 Å². The van der Waals surface area contributed by atoms with Gasteiger partial charge in [0.2, 0.25) is 5.89 Å². The average molecular weight is 570 g/mol. The Morgan fingerprint density at radius 3 is 2.63 bits per heavy atom. The minimum absolute atomic E-state index is 0.0217. The highest BCUT2D eigenvalue weighted by Gasteiger charge is 2.34. The second-order valence-electron chi connectivity index (χ2n) is 10.2. The quantitative estimate of drug-likeness (QED) is 0.254. The lowest BCUT2D eigenvalue weighted by Gasteiger charge is -2.30. The van der Waals surface area contributed by atoms with Crippen molar-refractivity contribution in [3.05, 3.63) is 99.3 Å². The highest BCUT2D eigenvalue weighted by atomic mass is 19.1. The number of carbonyl (C=O) groups excluding carboxylic acids is 1. The predicted molar refractivity (Wildman–Crippen MR) is 144 cm³/mol. The van der Waals surface area contributed by atoms with Crippen LogP contribution < -0.4 is 10.9 Å². The molecule has 0 unspecified atom stereocenters. The number of rotatable bonds is 9. The van der Waals surface area contributed by atoms with Crippen LogP contribution in [0.1, 0.15) is 60.2 Å². The zero-order chi connectivity index (χ0) is 28.9. The molecule has 11 heteroatoms. The first-order valence-electron chi connectivity index (χ1n) is 13.4. The van der Waals surface area contributed by atoms with Crippen molar-refractivity contribution in [3.8, 4) is 0 Å². The van der Waals surface area contributed by atoms with Gasteiger partial charge in [0.25, 0.3) is 5.56 Å². The number of nitrogens with one attached hydrogen (secondary N) is 2. The number of nitrogens with zero attached hydrogens (tertiary/aromatic N) is 1. The van der Waals surface area contributed by atoms with Gasteiger partial charge in [-0.3, -0.25) is 4.79 Å². The van der Waals surface area contributed by atoms with E-state index in [1.54, 1.807) is 6.07 Å². The maximum absolute atomic E-state index is 15.4. The van der Waals surface area contributed by atoms with Crippen LogP contribution in [0.4, 0.5) is 18.0 Å². The summed E-state index contributed by atoms with van der Waals surface area (Å²) in [4.78, 5) is 32.1. The van der Waals surface area contributed by atoms with E-state index in [-0.39, 0.29) is 41.7 Å². The van der Waals surface area contributed by atoms with Crippen LogP contribution in [-0.4, -0.2) is 35.9 Å². The Kier molecular flexibility index (Phi) is 8.72. The molecule has 1 aliphatic rings. The fraction of sp³-hybridized carbons (Fsp3) is 0.367. The Labute approximate surface area is 233 Å². The maximum Gasteiger partial charge on any atom is 0.408 e. The van der Waals surface area contributed by atoms with Gasteiger partial charge in [-0.2, -0.15) is 0 Å². The van der Waals surface area contributed by atoms with Crippen LogP contribution >= 0.6 is 0 Å². The van der Waals surface area contributed by atoms with Crippen LogP contribution in [0, 0.1) is 17.6 Å². The molecule has 4 aromatic rings. The van der Waals surface area contributed by atoms with Crippen LogP contribution in [0.15, 0.2) is 63.9 Å². The summed E-state index contributed by atoms with van der Waals surface area (Å²) >= 11 is 0. The number of H-pyrrole nitrogens is 1. The molecule has 2 N–H and O–H groups in total.